The van der Waals surface area contributed by atoms with Gasteiger partial charge in [0.1, 0.15) is 29.4 Å². The summed E-state index contributed by atoms with van der Waals surface area (Å²) in [5.41, 5.74) is -0.255. The number of rotatable bonds is 5. The summed E-state index contributed by atoms with van der Waals surface area (Å²) in [6, 6.07) is 3.61. The number of hydrogen-bond donors (Lipinski definition) is 3. The van der Waals surface area contributed by atoms with Crippen molar-refractivity contribution in [3.63, 3.8) is 0 Å². The molecule has 1 aromatic heterocycles. The number of fused-ring (bicyclic) bond motifs is 2. The van der Waals surface area contributed by atoms with Crippen LogP contribution in [0, 0.1) is 46.1 Å². The number of amides is 3. The Morgan fingerprint density at radius 2 is 2.06 bits per heavy atom. The second-order valence-corrected chi connectivity index (χ2v) is 10.1. The number of nitrogens with zero attached hydrogens (tertiary/aromatic N) is 2. The molecule has 3 heterocycles. The molecule has 3 aliphatic rings. The highest BCUT2D eigenvalue weighted by Gasteiger charge is 2.69. The van der Waals surface area contributed by atoms with Gasteiger partial charge in [0.05, 0.1) is 11.6 Å². The zero-order valence-electron chi connectivity index (χ0n) is 18.8. The van der Waals surface area contributed by atoms with Crippen molar-refractivity contribution < 1.29 is 23.2 Å². The predicted octanol–water partition coefficient (Wildman–Crippen LogP) is 2.08. The molecule has 1 aromatic carbocycles. The molecule has 2 saturated heterocycles. The number of benzene rings is 1. The first kappa shape index (κ1) is 22.3. The molecular weight excluding hydrogens is 444 g/mol. The summed E-state index contributed by atoms with van der Waals surface area (Å²) in [5.74, 6) is -2.77. The number of carbonyl (C=O) groups excluding carboxylic acids is 3. The van der Waals surface area contributed by atoms with Gasteiger partial charge in [-0.05, 0) is 48.3 Å². The van der Waals surface area contributed by atoms with Crippen molar-refractivity contribution in [2.45, 2.75) is 38.8 Å². The van der Waals surface area contributed by atoms with Crippen molar-refractivity contribution in [1.29, 1.82) is 5.26 Å². The van der Waals surface area contributed by atoms with E-state index in [1.54, 1.807) is 0 Å². The highest BCUT2D eigenvalue weighted by Crippen LogP contribution is 2.65. The van der Waals surface area contributed by atoms with Crippen molar-refractivity contribution >= 4 is 28.6 Å². The predicted molar refractivity (Wildman–Crippen MR) is 117 cm³/mol. The van der Waals surface area contributed by atoms with E-state index < -0.39 is 35.5 Å². The topological polar surface area (TPSA) is 118 Å². The van der Waals surface area contributed by atoms with Crippen molar-refractivity contribution in [3.05, 3.63) is 35.5 Å². The Labute approximate surface area is 194 Å². The van der Waals surface area contributed by atoms with Gasteiger partial charge in [-0.2, -0.15) is 5.26 Å². The quantitative estimate of drug-likeness (QED) is 0.621. The Hall–Kier alpha value is -3.48. The molecule has 2 aromatic rings. The molecule has 8 nitrogen and oxygen atoms in total. The van der Waals surface area contributed by atoms with E-state index in [4.69, 9.17) is 0 Å². The highest BCUT2D eigenvalue weighted by atomic mass is 19.1. The number of piperidine rings is 1. The monoisotopic (exact) mass is 469 g/mol. The molecule has 5 atom stereocenters. The van der Waals surface area contributed by atoms with E-state index >= 15 is 0 Å². The lowest BCUT2D eigenvalue weighted by Gasteiger charge is -2.30. The molecule has 5 rings (SSSR count). The second-order valence-electron chi connectivity index (χ2n) is 10.1. The Balaban J connectivity index is 1.38. The van der Waals surface area contributed by atoms with E-state index in [0.29, 0.717) is 19.5 Å². The molecule has 0 bridgehead atoms. The lowest BCUT2D eigenvalue weighted by Crippen LogP contribution is -2.52. The Kier molecular flexibility index (Phi) is 5.11. The fourth-order valence-corrected chi connectivity index (χ4v) is 5.77. The van der Waals surface area contributed by atoms with Gasteiger partial charge in [-0.1, -0.05) is 13.8 Å². The zero-order chi connectivity index (χ0) is 24.4. The van der Waals surface area contributed by atoms with Crippen LogP contribution in [0.3, 0.4) is 0 Å². The minimum atomic E-state index is -0.865. The summed E-state index contributed by atoms with van der Waals surface area (Å²) in [6.07, 6.45) is 0.805. The van der Waals surface area contributed by atoms with E-state index in [9.17, 15) is 28.4 Å². The molecule has 10 heteroatoms. The lowest BCUT2D eigenvalue weighted by atomic mass is 9.97. The number of nitrogens with one attached hydrogen (secondary N) is 3. The maximum atomic E-state index is 14.1. The summed E-state index contributed by atoms with van der Waals surface area (Å²) in [7, 11) is 0. The summed E-state index contributed by atoms with van der Waals surface area (Å²) in [6.45, 7) is 4.94. The van der Waals surface area contributed by atoms with Gasteiger partial charge in [0.25, 0.3) is 5.91 Å². The molecule has 3 fully saturated rings. The third-order valence-electron chi connectivity index (χ3n) is 7.81. The minimum Gasteiger partial charge on any atom is -0.356 e. The normalized spacial score (nSPS) is 27.7. The van der Waals surface area contributed by atoms with Gasteiger partial charge in [0, 0.05) is 24.4 Å². The molecular formula is C24H25F2N5O3. The Morgan fingerprint density at radius 3 is 2.71 bits per heavy atom. The van der Waals surface area contributed by atoms with Crippen molar-refractivity contribution in [1.82, 2.24) is 20.5 Å². The van der Waals surface area contributed by atoms with Crippen LogP contribution in [-0.2, 0) is 9.59 Å². The van der Waals surface area contributed by atoms with Crippen LogP contribution in [0.1, 0.15) is 37.2 Å². The molecule has 3 amide bonds. The minimum absolute atomic E-state index is 0.00429. The molecule has 1 saturated carbocycles. The number of likely N-dealkylation sites (tertiary alicyclic amines) is 1. The third kappa shape index (κ3) is 3.42. The van der Waals surface area contributed by atoms with Gasteiger partial charge in [0.2, 0.25) is 11.8 Å². The molecule has 178 valence electrons. The van der Waals surface area contributed by atoms with E-state index in [-0.39, 0.29) is 52.1 Å². The summed E-state index contributed by atoms with van der Waals surface area (Å²) in [4.78, 5) is 42.7. The van der Waals surface area contributed by atoms with Gasteiger partial charge in [-0.15, -0.1) is 0 Å². The Morgan fingerprint density at radius 1 is 1.32 bits per heavy atom. The fraction of sp³-hybridized carbons (Fsp3) is 0.500. The van der Waals surface area contributed by atoms with E-state index in [1.165, 1.54) is 11.0 Å². The Bertz CT molecular complexity index is 1210. The number of nitriles is 1. The van der Waals surface area contributed by atoms with Crippen molar-refractivity contribution in [2.24, 2.45) is 23.2 Å². The number of H-pyrrole nitrogens is 1. The average molecular weight is 469 g/mol. The lowest BCUT2D eigenvalue weighted by molar-refractivity contribution is -0.127. The standard InChI is InChI=1S/C24H25F2N5O3/c1-24(2)14-10-31(23(34)17-8-13-15(25)3-4-16(26)19(13)30-17)20(18(14)24)22(33)29-12(9-27)7-11-5-6-28-21(11)32/h3-4,8,11-12,14,18,20,30H,5-7,10H2,1-2H3,(H,28,32)(H,29,33)/t11?,12-,14-,18-,20-/m0/s1. The molecule has 34 heavy (non-hydrogen) atoms. The maximum Gasteiger partial charge on any atom is 0.271 e. The highest BCUT2D eigenvalue weighted by molar-refractivity contribution is 6.01. The molecule has 0 spiro atoms. The molecule has 1 aliphatic carbocycles. The first-order valence-corrected chi connectivity index (χ1v) is 11.4. The first-order chi connectivity index (χ1) is 16.1. The third-order valence-corrected chi connectivity index (χ3v) is 7.81. The molecule has 0 radical (unpaired) electrons. The second kappa shape index (κ2) is 7.79. The number of halogens is 2. The number of carbonyl (C=O) groups is 3. The average Bonchev–Trinajstić information content (AvgIpc) is 3.32. The zero-order valence-corrected chi connectivity index (χ0v) is 18.8. The van der Waals surface area contributed by atoms with Gasteiger partial charge in [-0.3, -0.25) is 14.4 Å². The molecule has 2 aliphatic heterocycles. The fourth-order valence-electron chi connectivity index (χ4n) is 5.77. The number of hydrogen-bond acceptors (Lipinski definition) is 4. The summed E-state index contributed by atoms with van der Waals surface area (Å²) >= 11 is 0. The molecule has 1 unspecified atom stereocenters. The SMILES string of the molecule is CC1(C)[C@@H]2[C@@H](C(=O)N[C@H](C#N)CC3CCNC3=O)N(C(=O)c3cc4c(F)ccc(F)c4[nH]3)C[C@@H]21. The van der Waals surface area contributed by atoms with Gasteiger partial charge in [-0.25, -0.2) is 8.78 Å². The van der Waals surface area contributed by atoms with Crippen LogP contribution < -0.4 is 10.6 Å². The van der Waals surface area contributed by atoms with Gasteiger partial charge < -0.3 is 20.5 Å². The number of aromatic nitrogens is 1. The van der Waals surface area contributed by atoms with Crippen LogP contribution in [0.25, 0.3) is 10.9 Å². The van der Waals surface area contributed by atoms with Crippen LogP contribution in [0.4, 0.5) is 8.78 Å². The smallest absolute Gasteiger partial charge is 0.271 e. The van der Waals surface area contributed by atoms with E-state index in [2.05, 4.69) is 21.7 Å². The van der Waals surface area contributed by atoms with Crippen LogP contribution in [-0.4, -0.2) is 52.8 Å². The van der Waals surface area contributed by atoms with Crippen LogP contribution >= 0.6 is 0 Å². The largest absolute Gasteiger partial charge is 0.356 e. The van der Waals surface area contributed by atoms with Crippen molar-refractivity contribution in [2.75, 3.05) is 13.1 Å². The summed E-state index contributed by atoms with van der Waals surface area (Å²) in [5, 5.41) is 15.0. The van der Waals surface area contributed by atoms with Crippen LogP contribution in [0.2, 0.25) is 0 Å². The van der Waals surface area contributed by atoms with E-state index in [0.717, 1.165) is 12.1 Å². The first-order valence-electron chi connectivity index (χ1n) is 11.4. The van der Waals surface area contributed by atoms with Gasteiger partial charge >= 0.3 is 0 Å². The van der Waals surface area contributed by atoms with E-state index in [1.807, 2.05) is 13.8 Å². The van der Waals surface area contributed by atoms with Gasteiger partial charge in [0.15, 0.2) is 0 Å². The molecule has 3 N–H and O–H groups in total. The van der Waals surface area contributed by atoms with Crippen molar-refractivity contribution in [3.8, 4) is 6.07 Å². The maximum absolute atomic E-state index is 14.1. The van der Waals surface area contributed by atoms with Crippen LogP contribution in [0.5, 0.6) is 0 Å². The van der Waals surface area contributed by atoms with Crippen LogP contribution in [0.15, 0.2) is 18.2 Å². The summed E-state index contributed by atoms with van der Waals surface area (Å²) < 4.78 is 28.3. The number of aromatic amines is 1.